The summed E-state index contributed by atoms with van der Waals surface area (Å²) in [6, 6.07) is 0. The van der Waals surface area contributed by atoms with Crippen molar-refractivity contribution in [2.75, 3.05) is 26.2 Å². The average molecular weight is 281 g/mol. The van der Waals surface area contributed by atoms with Crippen LogP contribution < -0.4 is 11.1 Å². The lowest BCUT2D eigenvalue weighted by molar-refractivity contribution is -0.137. The number of carbonyl (C=O) groups is 2. The summed E-state index contributed by atoms with van der Waals surface area (Å²) in [5.74, 6) is 0.0195. The van der Waals surface area contributed by atoms with Gasteiger partial charge in [-0.15, -0.1) is 0 Å². The van der Waals surface area contributed by atoms with Gasteiger partial charge in [-0.2, -0.15) is 0 Å². The smallest absolute Gasteiger partial charge is 0.241 e. The van der Waals surface area contributed by atoms with Crippen molar-refractivity contribution in [2.45, 2.75) is 51.4 Å². The molecule has 1 saturated heterocycles. The zero-order chi connectivity index (χ0) is 14.4. The van der Waals surface area contributed by atoms with Gasteiger partial charge in [0.15, 0.2) is 0 Å². The lowest BCUT2D eigenvalue weighted by Gasteiger charge is -2.35. The van der Waals surface area contributed by atoms with Gasteiger partial charge >= 0.3 is 0 Å². The van der Waals surface area contributed by atoms with Gasteiger partial charge in [-0.05, 0) is 32.1 Å². The van der Waals surface area contributed by atoms with Gasteiger partial charge < -0.3 is 16.0 Å². The van der Waals surface area contributed by atoms with Crippen LogP contribution in [0.4, 0.5) is 0 Å². The standard InChI is InChI=1S/C15H27N3O2/c16-12-15(7-3-1-4-8-15)14(20)17-11-13(19)18-9-5-2-6-10-18/h1-12,16H2,(H,17,20). The number of likely N-dealkylation sites (tertiary alicyclic amines) is 1. The van der Waals surface area contributed by atoms with E-state index in [1.807, 2.05) is 4.90 Å². The molecule has 0 unspecified atom stereocenters. The summed E-state index contributed by atoms with van der Waals surface area (Å²) < 4.78 is 0. The fourth-order valence-electron chi connectivity index (χ4n) is 3.35. The van der Waals surface area contributed by atoms with E-state index >= 15 is 0 Å². The summed E-state index contributed by atoms with van der Waals surface area (Å²) in [6.45, 7) is 2.17. The predicted octanol–water partition coefficient (Wildman–Crippen LogP) is 1.02. The Labute approximate surface area is 121 Å². The molecule has 0 aromatic rings. The van der Waals surface area contributed by atoms with Crippen LogP contribution in [-0.2, 0) is 9.59 Å². The zero-order valence-electron chi connectivity index (χ0n) is 12.3. The Hall–Kier alpha value is -1.10. The van der Waals surface area contributed by atoms with E-state index in [1.165, 1.54) is 12.8 Å². The van der Waals surface area contributed by atoms with Crippen molar-refractivity contribution in [1.82, 2.24) is 10.2 Å². The van der Waals surface area contributed by atoms with Gasteiger partial charge in [0.05, 0.1) is 12.0 Å². The summed E-state index contributed by atoms with van der Waals surface area (Å²) in [6.07, 6.45) is 8.36. The predicted molar refractivity (Wildman–Crippen MR) is 78.0 cm³/mol. The maximum Gasteiger partial charge on any atom is 0.241 e. The first kappa shape index (κ1) is 15.3. The van der Waals surface area contributed by atoms with Crippen molar-refractivity contribution in [3.05, 3.63) is 0 Å². The number of rotatable bonds is 4. The van der Waals surface area contributed by atoms with E-state index < -0.39 is 5.41 Å². The molecule has 2 amide bonds. The summed E-state index contributed by atoms with van der Waals surface area (Å²) in [5.41, 5.74) is 5.40. The molecule has 20 heavy (non-hydrogen) atoms. The monoisotopic (exact) mass is 281 g/mol. The van der Waals surface area contributed by atoms with Crippen molar-refractivity contribution in [3.63, 3.8) is 0 Å². The number of nitrogens with two attached hydrogens (primary N) is 1. The number of hydrogen-bond acceptors (Lipinski definition) is 3. The van der Waals surface area contributed by atoms with Crippen LogP contribution >= 0.6 is 0 Å². The molecule has 0 atom stereocenters. The molecule has 0 aromatic heterocycles. The maximum absolute atomic E-state index is 12.4. The molecule has 0 aromatic carbocycles. The molecule has 1 aliphatic carbocycles. The SMILES string of the molecule is NCC1(C(=O)NCC(=O)N2CCCCC2)CCCCC1. The zero-order valence-corrected chi connectivity index (χ0v) is 12.3. The van der Waals surface area contributed by atoms with E-state index in [1.54, 1.807) is 0 Å². The second-order valence-electron chi connectivity index (χ2n) is 6.17. The van der Waals surface area contributed by atoms with E-state index in [2.05, 4.69) is 5.32 Å². The fourth-order valence-corrected chi connectivity index (χ4v) is 3.35. The lowest BCUT2D eigenvalue weighted by atomic mass is 9.73. The molecule has 2 rings (SSSR count). The molecule has 5 nitrogen and oxygen atoms in total. The summed E-state index contributed by atoms with van der Waals surface area (Å²) >= 11 is 0. The van der Waals surface area contributed by atoms with E-state index in [-0.39, 0.29) is 18.4 Å². The number of nitrogens with zero attached hydrogens (tertiary/aromatic N) is 1. The van der Waals surface area contributed by atoms with Gasteiger partial charge in [0.2, 0.25) is 11.8 Å². The Morgan fingerprint density at radius 1 is 1.00 bits per heavy atom. The van der Waals surface area contributed by atoms with E-state index in [0.717, 1.165) is 51.6 Å². The average Bonchev–Trinajstić information content (AvgIpc) is 2.53. The van der Waals surface area contributed by atoms with Crippen LogP contribution in [0.3, 0.4) is 0 Å². The van der Waals surface area contributed by atoms with Crippen LogP contribution in [0.15, 0.2) is 0 Å². The number of amides is 2. The lowest BCUT2D eigenvalue weighted by Crippen LogP contribution is -2.50. The molecule has 1 heterocycles. The highest BCUT2D eigenvalue weighted by molar-refractivity contribution is 5.88. The van der Waals surface area contributed by atoms with Crippen molar-refractivity contribution in [1.29, 1.82) is 0 Å². The Morgan fingerprint density at radius 3 is 2.20 bits per heavy atom. The third-order valence-electron chi connectivity index (χ3n) is 4.79. The van der Waals surface area contributed by atoms with Crippen molar-refractivity contribution >= 4 is 11.8 Å². The molecular weight excluding hydrogens is 254 g/mol. The van der Waals surface area contributed by atoms with Crippen LogP contribution in [0.5, 0.6) is 0 Å². The molecule has 2 fully saturated rings. The molecule has 114 valence electrons. The largest absolute Gasteiger partial charge is 0.347 e. The Balaban J connectivity index is 1.82. The molecule has 5 heteroatoms. The van der Waals surface area contributed by atoms with Crippen LogP contribution in [0.1, 0.15) is 51.4 Å². The topological polar surface area (TPSA) is 75.4 Å². The van der Waals surface area contributed by atoms with E-state index in [0.29, 0.717) is 6.54 Å². The molecule has 1 saturated carbocycles. The van der Waals surface area contributed by atoms with Gasteiger partial charge in [-0.25, -0.2) is 0 Å². The summed E-state index contributed by atoms with van der Waals surface area (Å²) in [5, 5.41) is 2.83. The highest BCUT2D eigenvalue weighted by Crippen LogP contribution is 2.35. The number of carbonyl (C=O) groups excluding carboxylic acids is 2. The van der Waals surface area contributed by atoms with Crippen molar-refractivity contribution in [3.8, 4) is 0 Å². The van der Waals surface area contributed by atoms with E-state index in [9.17, 15) is 9.59 Å². The highest BCUT2D eigenvalue weighted by atomic mass is 16.2. The first-order chi connectivity index (χ1) is 9.68. The summed E-state index contributed by atoms with van der Waals surface area (Å²) in [4.78, 5) is 26.3. The Morgan fingerprint density at radius 2 is 1.60 bits per heavy atom. The van der Waals surface area contributed by atoms with Crippen LogP contribution in [0, 0.1) is 5.41 Å². The highest BCUT2D eigenvalue weighted by Gasteiger charge is 2.38. The van der Waals surface area contributed by atoms with Gasteiger partial charge in [0, 0.05) is 19.6 Å². The van der Waals surface area contributed by atoms with Crippen LogP contribution in [-0.4, -0.2) is 42.9 Å². The van der Waals surface area contributed by atoms with E-state index in [4.69, 9.17) is 5.73 Å². The Bertz CT molecular complexity index is 345. The van der Waals surface area contributed by atoms with Gasteiger partial charge in [-0.3, -0.25) is 9.59 Å². The first-order valence-electron chi connectivity index (χ1n) is 7.94. The minimum absolute atomic E-state index is 0.0231. The molecule has 0 bridgehead atoms. The van der Waals surface area contributed by atoms with Crippen molar-refractivity contribution in [2.24, 2.45) is 11.1 Å². The van der Waals surface area contributed by atoms with Crippen LogP contribution in [0.25, 0.3) is 0 Å². The third-order valence-corrected chi connectivity index (χ3v) is 4.79. The molecule has 3 N–H and O–H groups in total. The molecule has 0 radical (unpaired) electrons. The number of nitrogens with one attached hydrogen (secondary N) is 1. The van der Waals surface area contributed by atoms with Gasteiger partial charge in [0.25, 0.3) is 0 Å². The van der Waals surface area contributed by atoms with Crippen LogP contribution in [0.2, 0.25) is 0 Å². The summed E-state index contributed by atoms with van der Waals surface area (Å²) in [7, 11) is 0. The second kappa shape index (κ2) is 7.07. The number of piperidine rings is 1. The molecule has 2 aliphatic rings. The maximum atomic E-state index is 12.4. The normalized spacial score (nSPS) is 22.4. The Kier molecular flexibility index (Phi) is 5.40. The molecular formula is C15H27N3O2. The van der Waals surface area contributed by atoms with Crippen molar-refractivity contribution < 1.29 is 9.59 Å². The molecule has 0 spiro atoms. The second-order valence-corrected chi connectivity index (χ2v) is 6.17. The quantitative estimate of drug-likeness (QED) is 0.808. The fraction of sp³-hybridized carbons (Fsp3) is 0.867. The minimum atomic E-state index is -0.430. The first-order valence-corrected chi connectivity index (χ1v) is 7.94. The van der Waals surface area contributed by atoms with Gasteiger partial charge in [-0.1, -0.05) is 19.3 Å². The van der Waals surface area contributed by atoms with Gasteiger partial charge in [0.1, 0.15) is 0 Å². The third kappa shape index (κ3) is 3.51. The molecule has 1 aliphatic heterocycles. The number of hydrogen-bond donors (Lipinski definition) is 2. The minimum Gasteiger partial charge on any atom is -0.347 e.